The van der Waals surface area contributed by atoms with Crippen LogP contribution in [0.3, 0.4) is 0 Å². The van der Waals surface area contributed by atoms with Crippen molar-refractivity contribution >= 4 is 11.8 Å². The maximum atomic E-state index is 5.55. The molecule has 2 aliphatic rings. The first-order valence-electron chi connectivity index (χ1n) is 9.16. The fraction of sp³-hybridized carbons (Fsp3) is 0.684. The Labute approximate surface area is 155 Å². The van der Waals surface area contributed by atoms with Crippen LogP contribution in [-0.2, 0) is 4.74 Å². The second-order valence-corrected chi connectivity index (χ2v) is 7.80. The lowest BCUT2D eigenvalue weighted by Gasteiger charge is -2.36. The summed E-state index contributed by atoms with van der Waals surface area (Å²) in [7, 11) is 3.38. The number of morpholine rings is 1. The minimum absolute atomic E-state index is 0.332. The van der Waals surface area contributed by atoms with Gasteiger partial charge < -0.3 is 19.5 Å². The van der Waals surface area contributed by atoms with E-state index >= 15 is 0 Å². The molecule has 2 fully saturated rings. The average molecular weight is 367 g/mol. The van der Waals surface area contributed by atoms with Crippen molar-refractivity contribution in [1.82, 2.24) is 10.2 Å². The van der Waals surface area contributed by atoms with Gasteiger partial charge in [0.15, 0.2) is 11.5 Å². The molecule has 2 saturated heterocycles. The third kappa shape index (κ3) is 5.03. The van der Waals surface area contributed by atoms with Gasteiger partial charge in [0.1, 0.15) is 0 Å². The molecule has 25 heavy (non-hydrogen) atoms. The summed E-state index contributed by atoms with van der Waals surface area (Å²) >= 11 is 2.07. The highest BCUT2D eigenvalue weighted by Gasteiger charge is 2.25. The molecule has 1 aromatic carbocycles. The van der Waals surface area contributed by atoms with Gasteiger partial charge in [-0.25, -0.2) is 0 Å². The molecular formula is C19H30N2O3S. The number of rotatable bonds is 7. The van der Waals surface area contributed by atoms with E-state index in [4.69, 9.17) is 14.2 Å². The van der Waals surface area contributed by atoms with Gasteiger partial charge in [-0.3, -0.25) is 4.90 Å². The molecule has 0 aromatic heterocycles. The Kier molecular flexibility index (Phi) is 7.28. The summed E-state index contributed by atoms with van der Waals surface area (Å²) in [6.45, 7) is 4.53. The van der Waals surface area contributed by atoms with Crippen molar-refractivity contribution in [1.29, 1.82) is 0 Å². The van der Waals surface area contributed by atoms with Crippen LogP contribution in [0, 0.1) is 0 Å². The average Bonchev–Trinajstić information content (AvgIpc) is 2.69. The summed E-state index contributed by atoms with van der Waals surface area (Å²) in [5.41, 5.74) is 1.28. The van der Waals surface area contributed by atoms with Crippen molar-refractivity contribution in [2.45, 2.75) is 24.9 Å². The lowest BCUT2D eigenvalue weighted by atomic mass is 10.0. The van der Waals surface area contributed by atoms with Crippen LogP contribution >= 0.6 is 11.8 Å². The van der Waals surface area contributed by atoms with Crippen molar-refractivity contribution in [2.75, 3.05) is 58.6 Å². The van der Waals surface area contributed by atoms with Crippen LogP contribution < -0.4 is 14.8 Å². The highest BCUT2D eigenvalue weighted by Crippen LogP contribution is 2.32. The van der Waals surface area contributed by atoms with Crippen LogP contribution in [-0.4, -0.2) is 69.5 Å². The molecule has 3 rings (SSSR count). The molecule has 1 aromatic rings. The van der Waals surface area contributed by atoms with E-state index in [-0.39, 0.29) is 0 Å². The van der Waals surface area contributed by atoms with E-state index in [2.05, 4.69) is 34.1 Å². The van der Waals surface area contributed by atoms with Gasteiger partial charge in [0.25, 0.3) is 0 Å². The Balaban J connectivity index is 1.74. The third-order valence-electron chi connectivity index (χ3n) is 5.10. The molecule has 5 nitrogen and oxygen atoms in total. The predicted molar refractivity (Wildman–Crippen MR) is 103 cm³/mol. The van der Waals surface area contributed by atoms with Crippen LogP contribution in [0.25, 0.3) is 0 Å². The summed E-state index contributed by atoms with van der Waals surface area (Å²) < 4.78 is 16.5. The SMILES string of the molecule is COc1ccc(C(CNC2CCSCC2)N2CCOCC2)cc1OC. The summed E-state index contributed by atoms with van der Waals surface area (Å²) in [4.78, 5) is 2.52. The summed E-state index contributed by atoms with van der Waals surface area (Å²) in [6.07, 6.45) is 2.54. The van der Waals surface area contributed by atoms with Gasteiger partial charge in [-0.05, 0) is 42.0 Å². The Hall–Kier alpha value is -0.950. The first kappa shape index (κ1) is 18.8. The van der Waals surface area contributed by atoms with Crippen LogP contribution in [0.15, 0.2) is 18.2 Å². The van der Waals surface area contributed by atoms with Gasteiger partial charge >= 0.3 is 0 Å². The number of nitrogens with one attached hydrogen (secondary N) is 1. The van der Waals surface area contributed by atoms with Crippen molar-refractivity contribution in [3.63, 3.8) is 0 Å². The molecule has 0 aliphatic carbocycles. The molecule has 140 valence electrons. The van der Waals surface area contributed by atoms with Gasteiger partial charge in [0.05, 0.1) is 27.4 Å². The molecule has 0 bridgehead atoms. The fourth-order valence-corrected chi connectivity index (χ4v) is 4.69. The topological polar surface area (TPSA) is 43.0 Å². The highest BCUT2D eigenvalue weighted by molar-refractivity contribution is 7.99. The summed E-state index contributed by atoms with van der Waals surface area (Å²) in [5, 5.41) is 3.82. The zero-order valence-electron chi connectivity index (χ0n) is 15.3. The van der Waals surface area contributed by atoms with E-state index in [1.54, 1.807) is 14.2 Å². The highest BCUT2D eigenvalue weighted by atomic mass is 32.2. The number of benzene rings is 1. The number of hydrogen-bond acceptors (Lipinski definition) is 6. The largest absolute Gasteiger partial charge is 0.493 e. The summed E-state index contributed by atoms with van der Waals surface area (Å²) in [5.74, 6) is 4.13. The summed E-state index contributed by atoms with van der Waals surface area (Å²) in [6, 6.07) is 7.28. The first-order valence-corrected chi connectivity index (χ1v) is 10.3. The maximum Gasteiger partial charge on any atom is 0.161 e. The molecule has 0 radical (unpaired) electrons. The molecule has 1 N–H and O–H groups in total. The molecule has 6 heteroatoms. The minimum atomic E-state index is 0.332. The number of ether oxygens (including phenoxy) is 3. The Morgan fingerprint density at radius 2 is 1.88 bits per heavy atom. The second kappa shape index (κ2) is 9.67. The van der Waals surface area contributed by atoms with E-state index in [0.717, 1.165) is 44.3 Å². The molecular weight excluding hydrogens is 336 g/mol. The molecule has 0 amide bonds. The molecule has 2 heterocycles. The molecule has 0 spiro atoms. The number of methoxy groups -OCH3 is 2. The quantitative estimate of drug-likeness (QED) is 0.800. The van der Waals surface area contributed by atoms with E-state index in [1.807, 2.05) is 6.07 Å². The van der Waals surface area contributed by atoms with Crippen molar-refractivity contribution < 1.29 is 14.2 Å². The van der Waals surface area contributed by atoms with Gasteiger partial charge in [-0.15, -0.1) is 0 Å². The minimum Gasteiger partial charge on any atom is -0.493 e. The second-order valence-electron chi connectivity index (χ2n) is 6.57. The van der Waals surface area contributed by atoms with Crippen LogP contribution in [0.4, 0.5) is 0 Å². The van der Waals surface area contributed by atoms with Crippen LogP contribution in [0.1, 0.15) is 24.4 Å². The standard InChI is InChI=1S/C19H30N2O3S/c1-22-18-4-3-15(13-19(18)23-2)17(21-7-9-24-10-8-21)14-20-16-5-11-25-12-6-16/h3-4,13,16-17,20H,5-12,14H2,1-2H3. The van der Waals surface area contributed by atoms with Gasteiger partial charge in [0.2, 0.25) is 0 Å². The van der Waals surface area contributed by atoms with E-state index in [9.17, 15) is 0 Å². The van der Waals surface area contributed by atoms with Gasteiger partial charge in [0, 0.05) is 31.7 Å². The number of hydrogen-bond donors (Lipinski definition) is 1. The van der Waals surface area contributed by atoms with Crippen molar-refractivity contribution in [3.8, 4) is 11.5 Å². The predicted octanol–water partition coefficient (Wildman–Crippen LogP) is 2.56. The lowest BCUT2D eigenvalue weighted by molar-refractivity contribution is 0.0155. The number of nitrogens with zero attached hydrogens (tertiary/aromatic N) is 1. The first-order chi connectivity index (χ1) is 12.3. The van der Waals surface area contributed by atoms with Crippen molar-refractivity contribution in [3.05, 3.63) is 23.8 Å². The zero-order chi connectivity index (χ0) is 17.5. The smallest absolute Gasteiger partial charge is 0.161 e. The maximum absolute atomic E-state index is 5.55. The molecule has 0 saturated carbocycles. The normalized spacial score (nSPS) is 21.0. The van der Waals surface area contributed by atoms with Crippen LogP contribution in [0.5, 0.6) is 11.5 Å². The Morgan fingerprint density at radius 3 is 2.56 bits per heavy atom. The number of thioether (sulfide) groups is 1. The Bertz CT molecular complexity index is 531. The van der Waals surface area contributed by atoms with Crippen molar-refractivity contribution in [2.24, 2.45) is 0 Å². The lowest BCUT2D eigenvalue weighted by Crippen LogP contribution is -2.45. The monoisotopic (exact) mass is 366 g/mol. The van der Waals surface area contributed by atoms with E-state index in [1.165, 1.54) is 29.9 Å². The molecule has 2 aliphatic heterocycles. The van der Waals surface area contributed by atoms with Gasteiger partial charge in [-0.2, -0.15) is 11.8 Å². The fourth-order valence-electron chi connectivity index (χ4n) is 3.59. The zero-order valence-corrected chi connectivity index (χ0v) is 16.1. The van der Waals surface area contributed by atoms with Gasteiger partial charge in [-0.1, -0.05) is 6.07 Å². The third-order valence-corrected chi connectivity index (χ3v) is 6.15. The van der Waals surface area contributed by atoms with Crippen LogP contribution in [0.2, 0.25) is 0 Å². The van der Waals surface area contributed by atoms with E-state index in [0.29, 0.717) is 12.1 Å². The Morgan fingerprint density at radius 1 is 1.16 bits per heavy atom. The molecule has 1 atom stereocenters. The molecule has 1 unspecified atom stereocenters. The van der Waals surface area contributed by atoms with E-state index < -0.39 is 0 Å².